The number of rotatable bonds is 8. The van der Waals surface area contributed by atoms with Crippen LogP contribution in [0.4, 0.5) is 17.1 Å². The highest BCUT2D eigenvalue weighted by Gasteiger charge is 2.14. The van der Waals surface area contributed by atoms with Crippen molar-refractivity contribution in [3.63, 3.8) is 0 Å². The molecule has 0 spiro atoms. The van der Waals surface area contributed by atoms with E-state index in [1.54, 1.807) is 42.6 Å². The van der Waals surface area contributed by atoms with E-state index in [2.05, 4.69) is 20.2 Å². The molecule has 0 unspecified atom stereocenters. The number of carbonyl (C=O) groups is 1. The molecule has 184 valence electrons. The van der Waals surface area contributed by atoms with Crippen LogP contribution in [0.1, 0.15) is 21.5 Å². The Hall–Kier alpha value is -4.14. The SMILES string of the molecule is Nc1cccc(C(=O)c2ccc3c(C=Nc4ccc(NCCN5CCOCC5)cc4)c(O)[nH]c3c2)c1. The molecular weight excluding hydrogens is 454 g/mol. The van der Waals surface area contributed by atoms with Crippen molar-refractivity contribution in [1.82, 2.24) is 9.88 Å². The van der Waals surface area contributed by atoms with Crippen LogP contribution in [0.25, 0.3) is 10.9 Å². The molecule has 1 fully saturated rings. The van der Waals surface area contributed by atoms with Gasteiger partial charge in [-0.1, -0.05) is 24.3 Å². The fourth-order valence-corrected chi connectivity index (χ4v) is 4.31. The maximum atomic E-state index is 12.8. The second-order valence-corrected chi connectivity index (χ2v) is 8.79. The van der Waals surface area contributed by atoms with Gasteiger partial charge in [-0.05, 0) is 42.5 Å². The predicted molar refractivity (Wildman–Crippen MR) is 144 cm³/mol. The van der Waals surface area contributed by atoms with Gasteiger partial charge in [-0.2, -0.15) is 0 Å². The molecule has 8 nitrogen and oxygen atoms in total. The standard InChI is InChI=1S/C28H29N5O3/c29-21-3-1-2-19(16-21)27(34)20-4-9-24-25(28(35)32-26(24)17-20)18-31-23-7-5-22(6-8-23)30-10-11-33-12-14-36-15-13-33/h1-9,16-18,30,32,35H,10-15,29H2. The Labute approximate surface area is 209 Å². The van der Waals surface area contributed by atoms with E-state index >= 15 is 0 Å². The van der Waals surface area contributed by atoms with Crippen LogP contribution in [0.15, 0.2) is 71.7 Å². The largest absolute Gasteiger partial charge is 0.494 e. The summed E-state index contributed by atoms with van der Waals surface area (Å²) in [5.41, 5.74) is 10.4. The third-order valence-corrected chi connectivity index (χ3v) is 6.30. The highest BCUT2D eigenvalue weighted by molar-refractivity contribution is 6.12. The lowest BCUT2D eigenvalue weighted by Crippen LogP contribution is -2.38. The first-order valence-corrected chi connectivity index (χ1v) is 12.0. The van der Waals surface area contributed by atoms with Crippen molar-refractivity contribution in [2.75, 3.05) is 50.4 Å². The Bertz CT molecular complexity index is 1390. The molecule has 36 heavy (non-hydrogen) atoms. The van der Waals surface area contributed by atoms with Crippen LogP contribution >= 0.6 is 0 Å². The fraction of sp³-hybridized carbons (Fsp3) is 0.214. The second kappa shape index (κ2) is 10.6. The molecule has 0 radical (unpaired) electrons. The number of anilines is 2. The minimum Gasteiger partial charge on any atom is -0.494 e. The van der Waals surface area contributed by atoms with Gasteiger partial charge in [0.1, 0.15) is 0 Å². The van der Waals surface area contributed by atoms with E-state index in [9.17, 15) is 9.90 Å². The highest BCUT2D eigenvalue weighted by Crippen LogP contribution is 2.28. The van der Waals surface area contributed by atoms with Crippen LogP contribution in [-0.4, -0.2) is 66.4 Å². The number of H-pyrrole nitrogens is 1. The molecule has 8 heteroatoms. The highest BCUT2D eigenvalue weighted by atomic mass is 16.5. The first-order valence-electron chi connectivity index (χ1n) is 12.0. The number of fused-ring (bicyclic) bond motifs is 1. The van der Waals surface area contributed by atoms with E-state index < -0.39 is 0 Å². The zero-order valence-corrected chi connectivity index (χ0v) is 19.9. The molecule has 4 aromatic rings. The Morgan fingerprint density at radius 2 is 1.86 bits per heavy atom. The normalized spacial score (nSPS) is 14.4. The molecule has 0 bridgehead atoms. The summed E-state index contributed by atoms with van der Waals surface area (Å²) in [7, 11) is 0. The minimum atomic E-state index is -0.132. The average molecular weight is 484 g/mol. The smallest absolute Gasteiger partial charge is 0.198 e. The number of aromatic amines is 1. The van der Waals surface area contributed by atoms with Gasteiger partial charge in [0.15, 0.2) is 11.7 Å². The molecule has 0 aliphatic carbocycles. The van der Waals surface area contributed by atoms with Crippen LogP contribution in [-0.2, 0) is 4.74 Å². The number of nitrogens with zero attached hydrogens (tertiary/aromatic N) is 2. The topological polar surface area (TPSA) is 116 Å². The van der Waals surface area contributed by atoms with Gasteiger partial charge < -0.3 is 25.9 Å². The van der Waals surface area contributed by atoms with Gasteiger partial charge in [-0.25, -0.2) is 0 Å². The number of nitrogens with one attached hydrogen (secondary N) is 2. The summed E-state index contributed by atoms with van der Waals surface area (Å²) in [5.74, 6) is -0.129. The van der Waals surface area contributed by atoms with Crippen LogP contribution < -0.4 is 11.1 Å². The molecule has 1 aliphatic heterocycles. The molecule has 5 rings (SSSR count). The lowest BCUT2D eigenvalue weighted by atomic mass is 10.0. The number of ketones is 1. The summed E-state index contributed by atoms with van der Waals surface area (Å²) in [6.07, 6.45) is 1.63. The average Bonchev–Trinajstić information content (AvgIpc) is 3.22. The van der Waals surface area contributed by atoms with Gasteiger partial charge in [0.05, 0.1) is 24.5 Å². The maximum Gasteiger partial charge on any atom is 0.198 e. The number of nitrogen functional groups attached to an aromatic ring is 1. The van der Waals surface area contributed by atoms with Crippen molar-refractivity contribution in [1.29, 1.82) is 0 Å². The Kier molecular flexibility index (Phi) is 6.97. The van der Waals surface area contributed by atoms with E-state index in [1.165, 1.54) is 0 Å². The number of aliphatic imine (C=N–C) groups is 1. The summed E-state index contributed by atoms with van der Waals surface area (Å²) in [6, 6.07) is 20.0. The van der Waals surface area contributed by atoms with Crippen LogP contribution in [0.5, 0.6) is 5.88 Å². The van der Waals surface area contributed by atoms with Gasteiger partial charge in [0.2, 0.25) is 0 Å². The second-order valence-electron chi connectivity index (χ2n) is 8.79. The maximum absolute atomic E-state index is 12.8. The summed E-state index contributed by atoms with van der Waals surface area (Å²) in [6.45, 7) is 5.43. The number of benzene rings is 3. The van der Waals surface area contributed by atoms with Gasteiger partial charge in [-0.15, -0.1) is 0 Å². The third kappa shape index (κ3) is 5.40. The number of hydrogen-bond acceptors (Lipinski definition) is 7. The van der Waals surface area contributed by atoms with Crippen molar-refractivity contribution < 1.29 is 14.6 Å². The van der Waals surface area contributed by atoms with Crippen molar-refractivity contribution in [2.45, 2.75) is 0 Å². The lowest BCUT2D eigenvalue weighted by Gasteiger charge is -2.26. The number of nitrogens with two attached hydrogens (primary N) is 1. The lowest BCUT2D eigenvalue weighted by molar-refractivity contribution is 0.0398. The van der Waals surface area contributed by atoms with Gasteiger partial charge in [0, 0.05) is 65.8 Å². The summed E-state index contributed by atoms with van der Waals surface area (Å²) < 4.78 is 5.38. The predicted octanol–water partition coefficient (Wildman–Crippen LogP) is 4.18. The van der Waals surface area contributed by atoms with Gasteiger partial charge >= 0.3 is 0 Å². The van der Waals surface area contributed by atoms with Crippen LogP contribution in [0, 0.1) is 0 Å². The first-order chi connectivity index (χ1) is 17.6. The Balaban J connectivity index is 1.25. The number of morpholine rings is 1. The van der Waals surface area contributed by atoms with Crippen LogP contribution in [0.2, 0.25) is 0 Å². The van der Waals surface area contributed by atoms with Gasteiger partial charge in [-0.3, -0.25) is 14.7 Å². The molecule has 1 aromatic heterocycles. The number of hydrogen-bond donors (Lipinski definition) is 4. The zero-order chi connectivity index (χ0) is 24.9. The van der Waals surface area contributed by atoms with Crippen molar-refractivity contribution in [2.24, 2.45) is 4.99 Å². The molecule has 3 aromatic carbocycles. The molecule has 0 amide bonds. The number of aromatic nitrogens is 1. The number of carbonyl (C=O) groups excluding carboxylic acids is 1. The van der Waals surface area contributed by atoms with Crippen molar-refractivity contribution in [3.8, 4) is 5.88 Å². The summed E-state index contributed by atoms with van der Waals surface area (Å²) >= 11 is 0. The summed E-state index contributed by atoms with van der Waals surface area (Å²) in [4.78, 5) is 22.7. The minimum absolute atomic E-state index is 0.00343. The monoisotopic (exact) mass is 483 g/mol. The Morgan fingerprint density at radius 1 is 1.08 bits per heavy atom. The third-order valence-electron chi connectivity index (χ3n) is 6.30. The molecule has 2 heterocycles. The number of ether oxygens (including phenoxy) is 1. The number of aromatic hydroxyl groups is 1. The molecule has 5 N–H and O–H groups in total. The molecule has 0 atom stereocenters. The molecular formula is C28H29N5O3. The zero-order valence-electron chi connectivity index (χ0n) is 19.9. The van der Waals surface area contributed by atoms with E-state index in [1.807, 2.05) is 30.3 Å². The Morgan fingerprint density at radius 3 is 2.64 bits per heavy atom. The van der Waals surface area contributed by atoms with E-state index in [0.29, 0.717) is 27.9 Å². The van der Waals surface area contributed by atoms with E-state index in [-0.39, 0.29) is 11.7 Å². The molecule has 0 saturated carbocycles. The van der Waals surface area contributed by atoms with Crippen LogP contribution in [0.3, 0.4) is 0 Å². The first kappa shape index (κ1) is 23.6. The quantitative estimate of drug-likeness (QED) is 0.170. The molecule has 1 aliphatic rings. The van der Waals surface area contributed by atoms with Crippen molar-refractivity contribution >= 4 is 40.0 Å². The van der Waals surface area contributed by atoms with Gasteiger partial charge in [0.25, 0.3) is 0 Å². The fourth-order valence-electron chi connectivity index (χ4n) is 4.31. The summed E-state index contributed by atoms with van der Waals surface area (Å²) in [5, 5.41) is 14.7. The molecule has 1 saturated heterocycles. The van der Waals surface area contributed by atoms with Crippen molar-refractivity contribution in [3.05, 3.63) is 83.4 Å². The van der Waals surface area contributed by atoms with E-state index in [0.717, 1.165) is 56.2 Å². The van der Waals surface area contributed by atoms with E-state index in [4.69, 9.17) is 10.5 Å².